The summed E-state index contributed by atoms with van der Waals surface area (Å²) in [6.45, 7) is 10.7. The van der Waals surface area contributed by atoms with E-state index >= 15 is 0 Å². The Morgan fingerprint density at radius 1 is 1.03 bits per heavy atom. The molecule has 4 aliphatic carbocycles. The van der Waals surface area contributed by atoms with E-state index in [9.17, 15) is 4.79 Å². The van der Waals surface area contributed by atoms with Crippen molar-refractivity contribution in [3.05, 3.63) is 36.9 Å². The molecule has 1 aromatic heterocycles. The molecule has 0 spiro atoms. The number of carbonyl (C=O) groups excluding carboxylic acids is 1. The molecule has 0 aliphatic heterocycles. The standard InChI is InChI=1S/C30H43N4O/c1-29(2,3)10-13-31-11-5-12-32-27-9-8-24-25(33-27)6-4-7-26(24)34-28(35)20-30-17-21-14-22(18-30)16-23(15-21)19-30/h4,6-9,13,21-23,31H,5,10-12,14-20H2,1-3H3,(H,32,33)(H,34,35). The van der Waals surface area contributed by atoms with Crippen molar-refractivity contribution < 1.29 is 4.79 Å². The van der Waals surface area contributed by atoms with E-state index in [1.54, 1.807) is 0 Å². The number of hydrogen-bond acceptors (Lipinski definition) is 4. The molecule has 6 rings (SSSR count). The third kappa shape index (κ3) is 6.17. The van der Waals surface area contributed by atoms with Gasteiger partial charge in [-0.1, -0.05) is 26.8 Å². The summed E-state index contributed by atoms with van der Waals surface area (Å²) in [6.07, 6.45) is 10.8. The second-order valence-corrected chi connectivity index (χ2v) is 12.9. The van der Waals surface area contributed by atoms with Crippen molar-refractivity contribution in [3.8, 4) is 0 Å². The van der Waals surface area contributed by atoms with Crippen LogP contribution in [0.2, 0.25) is 0 Å². The highest BCUT2D eigenvalue weighted by atomic mass is 16.1. The molecule has 1 amide bonds. The number of hydrogen-bond donors (Lipinski definition) is 3. The summed E-state index contributed by atoms with van der Waals surface area (Å²) in [4.78, 5) is 18.0. The third-order valence-corrected chi connectivity index (χ3v) is 8.37. The minimum absolute atomic E-state index is 0.178. The van der Waals surface area contributed by atoms with Crippen molar-refractivity contribution in [2.24, 2.45) is 28.6 Å². The van der Waals surface area contributed by atoms with Crippen LogP contribution in [0.25, 0.3) is 10.9 Å². The van der Waals surface area contributed by atoms with Gasteiger partial charge < -0.3 is 16.0 Å². The van der Waals surface area contributed by atoms with E-state index in [0.29, 0.717) is 11.8 Å². The van der Waals surface area contributed by atoms with Crippen LogP contribution in [0.3, 0.4) is 0 Å². The molecule has 1 radical (unpaired) electrons. The minimum atomic E-state index is 0.178. The SMILES string of the molecule is CC(C)(C)C[CH]NCCCNc1ccc2c(NC(=O)CC34CC5CC(CC(C5)C3)C4)cccc2n1. The normalized spacial score (nSPS) is 27.3. The van der Waals surface area contributed by atoms with Gasteiger partial charge in [0.25, 0.3) is 0 Å². The fraction of sp³-hybridized carbons (Fsp3) is 0.633. The average molecular weight is 476 g/mol. The van der Waals surface area contributed by atoms with Crippen LogP contribution in [-0.2, 0) is 4.79 Å². The fourth-order valence-electron chi connectivity index (χ4n) is 7.29. The van der Waals surface area contributed by atoms with Crippen LogP contribution in [-0.4, -0.2) is 24.0 Å². The van der Waals surface area contributed by atoms with Crippen molar-refractivity contribution in [1.82, 2.24) is 10.3 Å². The van der Waals surface area contributed by atoms with Gasteiger partial charge in [0.05, 0.1) is 11.2 Å². The molecule has 1 aromatic carbocycles. The molecule has 2 aromatic rings. The number of pyridine rings is 1. The summed E-state index contributed by atoms with van der Waals surface area (Å²) >= 11 is 0. The van der Waals surface area contributed by atoms with Gasteiger partial charge in [0.15, 0.2) is 0 Å². The Balaban J connectivity index is 1.13. The van der Waals surface area contributed by atoms with Crippen LogP contribution in [0.5, 0.6) is 0 Å². The number of aromatic nitrogens is 1. The highest BCUT2D eigenvalue weighted by Crippen LogP contribution is 2.61. The van der Waals surface area contributed by atoms with E-state index in [1.807, 2.05) is 24.3 Å². The molecular weight excluding hydrogens is 432 g/mol. The van der Waals surface area contributed by atoms with Gasteiger partial charge in [0.1, 0.15) is 5.82 Å². The van der Waals surface area contributed by atoms with Gasteiger partial charge in [-0.05, 0) is 111 Å². The zero-order valence-corrected chi connectivity index (χ0v) is 21.8. The summed E-state index contributed by atoms with van der Waals surface area (Å²) in [5, 5.41) is 11.1. The van der Waals surface area contributed by atoms with Gasteiger partial charge in [-0.3, -0.25) is 4.79 Å². The molecule has 4 saturated carbocycles. The molecule has 4 fully saturated rings. The zero-order chi connectivity index (χ0) is 24.5. The molecule has 0 atom stereocenters. The van der Waals surface area contributed by atoms with Crippen molar-refractivity contribution in [1.29, 1.82) is 0 Å². The first-order valence-electron chi connectivity index (χ1n) is 13.8. The predicted octanol–water partition coefficient (Wildman–Crippen LogP) is 6.77. The molecule has 3 N–H and O–H groups in total. The highest BCUT2D eigenvalue weighted by molar-refractivity contribution is 6.01. The molecule has 35 heavy (non-hydrogen) atoms. The van der Waals surface area contributed by atoms with E-state index in [4.69, 9.17) is 4.98 Å². The Hall–Kier alpha value is -2.14. The Labute approximate surface area is 211 Å². The number of rotatable bonds is 10. The number of benzene rings is 1. The fourth-order valence-corrected chi connectivity index (χ4v) is 7.29. The molecule has 189 valence electrons. The summed E-state index contributed by atoms with van der Waals surface area (Å²) in [5.41, 5.74) is 2.39. The first-order chi connectivity index (χ1) is 16.8. The van der Waals surface area contributed by atoms with Gasteiger partial charge in [-0.2, -0.15) is 0 Å². The maximum atomic E-state index is 13.2. The second kappa shape index (κ2) is 10.1. The third-order valence-electron chi connectivity index (χ3n) is 8.37. The Bertz CT molecular complexity index is 1010. The van der Waals surface area contributed by atoms with Gasteiger partial charge in [-0.15, -0.1) is 0 Å². The Morgan fingerprint density at radius 3 is 2.43 bits per heavy atom. The van der Waals surface area contributed by atoms with Gasteiger partial charge in [0.2, 0.25) is 5.91 Å². The smallest absolute Gasteiger partial charge is 0.224 e. The van der Waals surface area contributed by atoms with Gasteiger partial charge in [0, 0.05) is 24.9 Å². The van der Waals surface area contributed by atoms with Crippen molar-refractivity contribution >= 4 is 28.3 Å². The molecule has 0 saturated heterocycles. The van der Waals surface area contributed by atoms with E-state index in [-0.39, 0.29) is 11.3 Å². The van der Waals surface area contributed by atoms with Gasteiger partial charge in [-0.25, -0.2) is 4.98 Å². The summed E-state index contributed by atoms with van der Waals surface area (Å²) < 4.78 is 0. The molecule has 5 heteroatoms. The van der Waals surface area contributed by atoms with Crippen LogP contribution >= 0.6 is 0 Å². The number of nitrogens with zero attached hydrogens (tertiary/aromatic N) is 1. The lowest BCUT2D eigenvalue weighted by atomic mass is 9.49. The molecular formula is C30H43N4O. The molecule has 4 aliphatic rings. The topological polar surface area (TPSA) is 66.0 Å². The van der Waals surface area contributed by atoms with Crippen molar-refractivity contribution in [2.75, 3.05) is 23.7 Å². The lowest BCUT2D eigenvalue weighted by molar-refractivity contribution is -0.124. The molecule has 0 unspecified atom stereocenters. The first kappa shape index (κ1) is 24.5. The number of amides is 1. The maximum absolute atomic E-state index is 13.2. The lowest BCUT2D eigenvalue weighted by Gasteiger charge is -2.56. The van der Waals surface area contributed by atoms with Crippen molar-refractivity contribution in [2.45, 2.75) is 78.6 Å². The molecule has 4 bridgehead atoms. The highest BCUT2D eigenvalue weighted by Gasteiger charge is 2.51. The first-order valence-corrected chi connectivity index (χ1v) is 13.8. The van der Waals surface area contributed by atoms with Crippen LogP contribution in [0.15, 0.2) is 30.3 Å². The minimum Gasteiger partial charge on any atom is -0.370 e. The van der Waals surface area contributed by atoms with Crippen LogP contribution in [0.4, 0.5) is 11.5 Å². The zero-order valence-electron chi connectivity index (χ0n) is 21.8. The van der Waals surface area contributed by atoms with E-state index in [1.165, 1.54) is 38.5 Å². The van der Waals surface area contributed by atoms with Crippen LogP contribution < -0.4 is 16.0 Å². The number of carbonyl (C=O) groups is 1. The number of fused-ring (bicyclic) bond motifs is 1. The molecule has 5 nitrogen and oxygen atoms in total. The quantitative estimate of drug-likeness (QED) is 0.332. The van der Waals surface area contributed by atoms with E-state index in [2.05, 4.69) is 49.3 Å². The average Bonchev–Trinajstić information content (AvgIpc) is 2.76. The molecule has 1 heterocycles. The summed E-state index contributed by atoms with van der Waals surface area (Å²) in [6, 6.07) is 10.1. The van der Waals surface area contributed by atoms with E-state index in [0.717, 1.165) is 66.1 Å². The Morgan fingerprint density at radius 2 is 1.74 bits per heavy atom. The predicted molar refractivity (Wildman–Crippen MR) is 145 cm³/mol. The maximum Gasteiger partial charge on any atom is 0.224 e. The lowest BCUT2D eigenvalue weighted by Crippen LogP contribution is -2.47. The van der Waals surface area contributed by atoms with Crippen LogP contribution in [0, 0.1) is 35.1 Å². The summed E-state index contributed by atoms with van der Waals surface area (Å²) in [7, 11) is 0. The number of nitrogens with one attached hydrogen (secondary N) is 3. The second-order valence-electron chi connectivity index (χ2n) is 12.9. The monoisotopic (exact) mass is 475 g/mol. The van der Waals surface area contributed by atoms with E-state index < -0.39 is 0 Å². The summed E-state index contributed by atoms with van der Waals surface area (Å²) in [5.74, 6) is 3.68. The number of anilines is 2. The van der Waals surface area contributed by atoms with Gasteiger partial charge >= 0.3 is 0 Å². The van der Waals surface area contributed by atoms with Crippen molar-refractivity contribution in [3.63, 3.8) is 0 Å². The Kier molecular flexibility index (Phi) is 7.07. The van der Waals surface area contributed by atoms with Crippen LogP contribution in [0.1, 0.15) is 78.6 Å². The largest absolute Gasteiger partial charge is 0.370 e.